The van der Waals surface area contributed by atoms with Crippen molar-refractivity contribution in [2.45, 2.75) is 26.3 Å². The van der Waals surface area contributed by atoms with Gasteiger partial charge < -0.3 is 14.8 Å². The average Bonchev–Trinajstić information content (AvgIpc) is 2.64. The highest BCUT2D eigenvalue weighted by Crippen LogP contribution is 2.38. The van der Waals surface area contributed by atoms with E-state index in [-0.39, 0.29) is 0 Å². The first-order chi connectivity index (χ1) is 9.31. The molecule has 3 nitrogen and oxygen atoms in total. The zero-order valence-corrected chi connectivity index (χ0v) is 12.7. The third kappa shape index (κ3) is 4.15. The van der Waals surface area contributed by atoms with E-state index in [4.69, 9.17) is 9.47 Å². The lowest BCUT2D eigenvalue weighted by molar-refractivity contribution is 0.296. The van der Waals surface area contributed by atoms with Gasteiger partial charge in [0.15, 0.2) is 11.5 Å². The first-order valence-corrected chi connectivity index (χ1v) is 7.29. The first kappa shape index (κ1) is 14.2. The first-order valence-electron chi connectivity index (χ1n) is 6.49. The van der Waals surface area contributed by atoms with E-state index in [2.05, 4.69) is 39.2 Å². The summed E-state index contributed by atoms with van der Waals surface area (Å²) in [6.07, 6.45) is 1.80. The maximum atomic E-state index is 5.71. The van der Waals surface area contributed by atoms with Crippen LogP contribution >= 0.6 is 15.9 Å². The molecule has 0 spiro atoms. The van der Waals surface area contributed by atoms with Gasteiger partial charge in [0.25, 0.3) is 0 Å². The van der Waals surface area contributed by atoms with Gasteiger partial charge in [-0.1, -0.05) is 0 Å². The minimum Gasteiger partial charge on any atom is -0.490 e. The topological polar surface area (TPSA) is 30.5 Å². The normalized spacial score (nSPS) is 13.4. The highest BCUT2D eigenvalue weighted by atomic mass is 79.9. The Morgan fingerprint density at radius 2 is 2.16 bits per heavy atom. The summed E-state index contributed by atoms with van der Waals surface area (Å²) in [6, 6.07) is 4.12. The number of benzene rings is 1. The van der Waals surface area contributed by atoms with Crippen LogP contribution in [0.25, 0.3) is 0 Å². The highest BCUT2D eigenvalue weighted by Gasteiger charge is 2.14. The summed E-state index contributed by atoms with van der Waals surface area (Å²) in [5.74, 6) is 7.58. The molecule has 1 aliphatic rings. The smallest absolute Gasteiger partial charge is 0.175 e. The van der Waals surface area contributed by atoms with E-state index in [1.807, 2.05) is 13.0 Å². The summed E-state index contributed by atoms with van der Waals surface area (Å²) >= 11 is 3.55. The van der Waals surface area contributed by atoms with Crippen molar-refractivity contribution >= 4 is 15.9 Å². The van der Waals surface area contributed by atoms with Crippen LogP contribution in [0.2, 0.25) is 0 Å². The van der Waals surface area contributed by atoms with E-state index < -0.39 is 0 Å². The van der Waals surface area contributed by atoms with Gasteiger partial charge >= 0.3 is 0 Å². The predicted molar refractivity (Wildman–Crippen MR) is 79.5 cm³/mol. The van der Waals surface area contributed by atoms with E-state index in [0.717, 1.165) is 41.9 Å². The molecule has 4 heteroatoms. The zero-order valence-electron chi connectivity index (χ0n) is 11.1. The maximum absolute atomic E-state index is 5.71. The summed E-state index contributed by atoms with van der Waals surface area (Å²) in [6.45, 7) is 4.98. The number of fused-ring (bicyclic) bond motifs is 1. The van der Waals surface area contributed by atoms with Crippen LogP contribution in [0.15, 0.2) is 16.6 Å². The predicted octanol–water partition coefficient (Wildman–Crippen LogP) is 3.11. The van der Waals surface area contributed by atoms with Gasteiger partial charge in [-0.25, -0.2) is 0 Å². The van der Waals surface area contributed by atoms with Gasteiger partial charge in [0.2, 0.25) is 0 Å². The Morgan fingerprint density at radius 1 is 1.32 bits per heavy atom. The Hall–Kier alpha value is -1.18. The molecule has 2 rings (SSSR count). The van der Waals surface area contributed by atoms with E-state index in [1.165, 1.54) is 5.56 Å². The number of halogens is 1. The second-order valence-electron chi connectivity index (χ2n) is 4.31. The molecule has 0 aromatic heterocycles. The number of ether oxygens (including phenoxy) is 2. The number of hydrogen-bond acceptors (Lipinski definition) is 3. The molecule has 1 aliphatic heterocycles. The fraction of sp³-hybridized carbons (Fsp3) is 0.467. The van der Waals surface area contributed by atoms with Gasteiger partial charge in [-0.2, -0.15) is 0 Å². The van der Waals surface area contributed by atoms with Crippen molar-refractivity contribution < 1.29 is 9.47 Å². The molecule has 1 aromatic rings. The SMILES string of the molecule is CC#CCCNCc1cc(Br)c2c(c1)OCCCO2. The largest absolute Gasteiger partial charge is 0.490 e. The quantitative estimate of drug-likeness (QED) is 0.682. The standard InChI is InChI=1S/C15H18BrNO2/c1-2-3-4-6-17-11-12-9-13(16)15-14(10-12)18-7-5-8-19-15/h9-10,17H,4-8,11H2,1H3. The average molecular weight is 324 g/mol. The van der Waals surface area contributed by atoms with Crippen LogP contribution in [0, 0.1) is 11.8 Å². The van der Waals surface area contributed by atoms with E-state index in [0.29, 0.717) is 13.2 Å². The van der Waals surface area contributed by atoms with Crippen molar-refractivity contribution in [1.82, 2.24) is 5.32 Å². The molecule has 1 heterocycles. The molecule has 0 saturated heterocycles. The van der Waals surface area contributed by atoms with Gasteiger partial charge in [0, 0.05) is 25.9 Å². The molecule has 0 bridgehead atoms. The summed E-state index contributed by atoms with van der Waals surface area (Å²) in [7, 11) is 0. The third-order valence-electron chi connectivity index (χ3n) is 2.79. The van der Waals surface area contributed by atoms with Crippen LogP contribution in [0.3, 0.4) is 0 Å². The lowest BCUT2D eigenvalue weighted by atomic mass is 10.2. The summed E-state index contributed by atoms with van der Waals surface area (Å²) in [5, 5.41) is 3.37. The monoisotopic (exact) mass is 323 g/mol. The maximum Gasteiger partial charge on any atom is 0.175 e. The van der Waals surface area contributed by atoms with Crippen molar-refractivity contribution in [2.75, 3.05) is 19.8 Å². The van der Waals surface area contributed by atoms with Crippen LogP contribution in [-0.4, -0.2) is 19.8 Å². The molecule has 0 amide bonds. The zero-order chi connectivity index (χ0) is 13.5. The third-order valence-corrected chi connectivity index (χ3v) is 3.38. The van der Waals surface area contributed by atoms with Gasteiger partial charge in [0.1, 0.15) is 0 Å². The molecule has 1 aromatic carbocycles. The molecule has 0 atom stereocenters. The minimum atomic E-state index is 0.707. The van der Waals surface area contributed by atoms with Gasteiger partial charge in [-0.3, -0.25) is 0 Å². The minimum absolute atomic E-state index is 0.707. The van der Waals surface area contributed by atoms with E-state index >= 15 is 0 Å². The van der Waals surface area contributed by atoms with Gasteiger partial charge in [0.05, 0.1) is 17.7 Å². The molecular weight excluding hydrogens is 306 g/mol. The number of rotatable bonds is 4. The van der Waals surface area contributed by atoms with Crippen LogP contribution < -0.4 is 14.8 Å². The molecule has 102 valence electrons. The molecule has 0 saturated carbocycles. The fourth-order valence-electron chi connectivity index (χ4n) is 1.89. The Kier molecular flexibility index (Phi) is 5.56. The van der Waals surface area contributed by atoms with Crippen LogP contribution in [0.1, 0.15) is 25.3 Å². The number of hydrogen-bond donors (Lipinski definition) is 1. The summed E-state index contributed by atoms with van der Waals surface area (Å²) in [5.41, 5.74) is 1.18. The van der Waals surface area contributed by atoms with Crippen molar-refractivity contribution in [3.8, 4) is 23.3 Å². The molecule has 0 radical (unpaired) electrons. The second kappa shape index (κ2) is 7.42. The van der Waals surface area contributed by atoms with Crippen molar-refractivity contribution in [3.63, 3.8) is 0 Å². The molecule has 1 N–H and O–H groups in total. The molecular formula is C15H18BrNO2. The van der Waals surface area contributed by atoms with E-state index in [9.17, 15) is 0 Å². The molecule has 0 aliphatic carbocycles. The Labute approximate surface area is 122 Å². The number of nitrogens with one attached hydrogen (secondary N) is 1. The van der Waals surface area contributed by atoms with Crippen molar-refractivity contribution in [1.29, 1.82) is 0 Å². The van der Waals surface area contributed by atoms with Crippen LogP contribution in [-0.2, 0) is 6.54 Å². The van der Waals surface area contributed by atoms with Gasteiger partial charge in [-0.15, -0.1) is 11.8 Å². The van der Waals surface area contributed by atoms with Gasteiger partial charge in [-0.05, 0) is 40.5 Å². The van der Waals surface area contributed by atoms with E-state index in [1.54, 1.807) is 0 Å². The summed E-state index contributed by atoms with van der Waals surface area (Å²) < 4.78 is 12.3. The molecule has 0 fully saturated rings. The molecule has 19 heavy (non-hydrogen) atoms. The highest BCUT2D eigenvalue weighted by molar-refractivity contribution is 9.10. The van der Waals surface area contributed by atoms with Crippen molar-refractivity contribution in [2.24, 2.45) is 0 Å². The lowest BCUT2D eigenvalue weighted by Crippen LogP contribution is -2.14. The van der Waals surface area contributed by atoms with Crippen molar-refractivity contribution in [3.05, 3.63) is 22.2 Å². The second-order valence-corrected chi connectivity index (χ2v) is 5.16. The Morgan fingerprint density at radius 3 is 3.00 bits per heavy atom. The Bertz CT molecular complexity index is 491. The lowest BCUT2D eigenvalue weighted by Gasteiger charge is -2.12. The van der Waals surface area contributed by atoms with Crippen LogP contribution in [0.5, 0.6) is 11.5 Å². The fourth-order valence-corrected chi connectivity index (χ4v) is 2.50. The molecule has 0 unspecified atom stereocenters. The Balaban J connectivity index is 1.99. The summed E-state index contributed by atoms with van der Waals surface area (Å²) in [4.78, 5) is 0. The van der Waals surface area contributed by atoms with Crippen LogP contribution in [0.4, 0.5) is 0 Å².